The van der Waals surface area contributed by atoms with Crippen molar-refractivity contribution < 1.29 is 18.5 Å². The van der Waals surface area contributed by atoms with Crippen LogP contribution in [0, 0.1) is 0 Å². The van der Waals surface area contributed by atoms with Crippen LogP contribution < -0.4 is 10.5 Å². The molecule has 0 unspecified atom stereocenters. The molecule has 0 saturated carbocycles. The topological polar surface area (TPSA) is 103 Å². The molecule has 3 rings (SSSR count). The smallest absolute Gasteiger partial charge is 0.339 e. The first-order valence-corrected chi connectivity index (χ1v) is 11.7. The molecule has 2 aromatic rings. The van der Waals surface area contributed by atoms with Crippen LogP contribution in [-0.2, 0) is 20.5 Å². The molecule has 1 aliphatic rings. The Bertz CT molecular complexity index is 1130. The van der Waals surface area contributed by atoms with E-state index in [-0.39, 0.29) is 17.2 Å². The van der Waals surface area contributed by atoms with Crippen molar-refractivity contribution in [3.8, 4) is 0 Å². The van der Waals surface area contributed by atoms with E-state index >= 15 is 0 Å². The number of morpholine rings is 1. The largest absolute Gasteiger partial charge is 0.459 e. The van der Waals surface area contributed by atoms with Gasteiger partial charge < -0.3 is 14.4 Å². The van der Waals surface area contributed by atoms with Crippen LogP contribution in [0.4, 0.5) is 5.82 Å². The predicted molar refractivity (Wildman–Crippen MR) is 125 cm³/mol. The Labute approximate surface area is 190 Å². The SMILES string of the molecule is C/C(=N/[S@@](=O)C(C)(C)C)c1cc(C(=O)OC(C)C)cn2c(=O)cc(N3CCOCC3)nc12. The Kier molecular flexibility index (Phi) is 7.14. The number of aromatic nitrogens is 2. The minimum atomic E-state index is -1.52. The van der Waals surface area contributed by atoms with E-state index in [9.17, 15) is 13.8 Å². The van der Waals surface area contributed by atoms with E-state index in [0.29, 0.717) is 49.0 Å². The molecule has 3 heterocycles. The zero-order valence-corrected chi connectivity index (χ0v) is 20.2. The number of hydrogen-bond donors (Lipinski definition) is 0. The second kappa shape index (κ2) is 9.50. The molecule has 1 saturated heterocycles. The molecule has 0 spiro atoms. The van der Waals surface area contributed by atoms with Crippen molar-refractivity contribution in [3.05, 3.63) is 39.8 Å². The van der Waals surface area contributed by atoms with Crippen LogP contribution in [-0.4, -0.2) is 62.4 Å². The van der Waals surface area contributed by atoms with E-state index in [1.807, 2.05) is 25.7 Å². The normalized spacial score (nSPS) is 16.5. The lowest BCUT2D eigenvalue weighted by molar-refractivity contribution is 0.0377. The van der Waals surface area contributed by atoms with Crippen LogP contribution in [0.2, 0.25) is 0 Å². The summed E-state index contributed by atoms with van der Waals surface area (Å²) in [4.78, 5) is 32.3. The molecular weight excluding hydrogens is 432 g/mol. The Hall–Kier alpha value is -2.59. The second-order valence-electron chi connectivity index (χ2n) is 8.88. The van der Waals surface area contributed by atoms with Gasteiger partial charge in [-0.25, -0.2) is 14.0 Å². The van der Waals surface area contributed by atoms with E-state index < -0.39 is 21.7 Å². The van der Waals surface area contributed by atoms with Gasteiger partial charge in [0.05, 0.1) is 35.3 Å². The van der Waals surface area contributed by atoms with Crippen LogP contribution >= 0.6 is 0 Å². The third kappa shape index (κ3) is 5.42. The van der Waals surface area contributed by atoms with Crippen molar-refractivity contribution in [2.45, 2.75) is 52.4 Å². The van der Waals surface area contributed by atoms with Crippen LogP contribution in [0.5, 0.6) is 0 Å². The summed E-state index contributed by atoms with van der Waals surface area (Å²) >= 11 is 0. The summed E-state index contributed by atoms with van der Waals surface area (Å²) in [6, 6.07) is 3.04. The van der Waals surface area contributed by atoms with Gasteiger partial charge in [-0.15, -0.1) is 0 Å². The lowest BCUT2D eigenvalue weighted by Crippen LogP contribution is -2.37. The third-order valence-electron chi connectivity index (χ3n) is 4.79. The molecule has 1 aliphatic heterocycles. The van der Waals surface area contributed by atoms with E-state index in [1.165, 1.54) is 16.7 Å². The summed E-state index contributed by atoms with van der Waals surface area (Å²) in [7, 11) is -1.52. The number of rotatable bonds is 5. The van der Waals surface area contributed by atoms with E-state index in [4.69, 9.17) is 14.5 Å². The number of ether oxygens (including phenoxy) is 2. The van der Waals surface area contributed by atoms with Gasteiger partial charge in [-0.2, -0.15) is 4.40 Å². The Morgan fingerprint density at radius 3 is 2.50 bits per heavy atom. The molecule has 1 fully saturated rings. The van der Waals surface area contributed by atoms with Crippen LogP contribution in [0.1, 0.15) is 57.5 Å². The lowest BCUT2D eigenvalue weighted by atomic mass is 10.1. The number of fused-ring (bicyclic) bond motifs is 1. The molecule has 174 valence electrons. The molecule has 0 bridgehead atoms. The Morgan fingerprint density at radius 2 is 1.91 bits per heavy atom. The van der Waals surface area contributed by atoms with Gasteiger partial charge in [-0.3, -0.25) is 9.20 Å². The maximum Gasteiger partial charge on any atom is 0.339 e. The van der Waals surface area contributed by atoms with Gasteiger partial charge in [0, 0.05) is 30.9 Å². The maximum absolute atomic E-state index is 13.0. The Balaban J connectivity index is 2.22. The highest BCUT2D eigenvalue weighted by atomic mass is 32.2. The molecule has 0 aromatic carbocycles. The number of pyridine rings is 1. The molecule has 0 N–H and O–H groups in total. The number of esters is 1. The molecule has 0 radical (unpaired) electrons. The number of nitrogens with zero attached hydrogens (tertiary/aromatic N) is 4. The van der Waals surface area contributed by atoms with Gasteiger partial charge in [0.25, 0.3) is 5.56 Å². The molecule has 10 heteroatoms. The highest BCUT2D eigenvalue weighted by Gasteiger charge is 2.22. The standard InChI is InChI=1S/C22H30N4O5S/c1-14(2)31-21(28)16-11-17(15(3)24-32(29)22(4,5)6)20-23-18(12-19(27)26(20)13-16)25-7-9-30-10-8-25/h11-14H,7-10H2,1-6H3/b24-15-/t32-/m0/s1. The van der Waals surface area contributed by atoms with E-state index in [2.05, 4.69) is 4.40 Å². The maximum atomic E-state index is 13.0. The number of anilines is 1. The van der Waals surface area contributed by atoms with Gasteiger partial charge >= 0.3 is 5.97 Å². The number of carbonyl (C=O) groups excluding carboxylic acids is 1. The first-order valence-electron chi connectivity index (χ1n) is 10.6. The van der Waals surface area contributed by atoms with Crippen LogP contribution in [0.15, 0.2) is 27.5 Å². The monoisotopic (exact) mass is 462 g/mol. The summed E-state index contributed by atoms with van der Waals surface area (Å²) in [5, 5.41) is 0. The minimum Gasteiger partial charge on any atom is -0.459 e. The fraction of sp³-hybridized carbons (Fsp3) is 0.545. The highest BCUT2D eigenvalue weighted by molar-refractivity contribution is 7.85. The first-order chi connectivity index (χ1) is 15.0. The summed E-state index contributed by atoms with van der Waals surface area (Å²) in [6.07, 6.45) is 1.11. The van der Waals surface area contributed by atoms with Gasteiger partial charge in [-0.05, 0) is 47.6 Å². The fourth-order valence-electron chi connectivity index (χ4n) is 3.12. The minimum absolute atomic E-state index is 0.195. The zero-order chi connectivity index (χ0) is 23.6. The van der Waals surface area contributed by atoms with E-state index in [0.717, 1.165) is 0 Å². The average molecular weight is 463 g/mol. The number of carbonyl (C=O) groups is 1. The van der Waals surface area contributed by atoms with E-state index in [1.54, 1.807) is 26.8 Å². The van der Waals surface area contributed by atoms with Crippen molar-refractivity contribution in [1.29, 1.82) is 0 Å². The molecule has 32 heavy (non-hydrogen) atoms. The summed E-state index contributed by atoms with van der Waals surface area (Å²) in [5.74, 6) is -0.0288. The predicted octanol–water partition coefficient (Wildman–Crippen LogP) is 2.37. The molecule has 1 atom stereocenters. The average Bonchev–Trinajstić information content (AvgIpc) is 2.72. The van der Waals surface area contributed by atoms with Gasteiger partial charge in [0.15, 0.2) is 5.65 Å². The van der Waals surface area contributed by atoms with Crippen molar-refractivity contribution in [2.24, 2.45) is 4.40 Å². The molecule has 0 aliphatic carbocycles. The molecule has 2 aromatic heterocycles. The highest BCUT2D eigenvalue weighted by Crippen LogP contribution is 2.20. The van der Waals surface area contributed by atoms with Crippen molar-refractivity contribution in [3.63, 3.8) is 0 Å². The summed E-state index contributed by atoms with van der Waals surface area (Å²) < 4.78 is 28.5. The van der Waals surface area contributed by atoms with Crippen molar-refractivity contribution >= 4 is 34.1 Å². The van der Waals surface area contributed by atoms with Gasteiger partial charge in [0.2, 0.25) is 0 Å². The summed E-state index contributed by atoms with van der Waals surface area (Å²) in [6.45, 7) is 13.0. The van der Waals surface area contributed by atoms with Crippen molar-refractivity contribution in [1.82, 2.24) is 9.38 Å². The zero-order valence-electron chi connectivity index (χ0n) is 19.4. The third-order valence-corrected chi connectivity index (χ3v) is 6.28. The van der Waals surface area contributed by atoms with Crippen LogP contribution in [0.3, 0.4) is 0 Å². The Morgan fingerprint density at radius 1 is 1.25 bits per heavy atom. The number of hydrogen-bond acceptors (Lipinski definition) is 7. The van der Waals surface area contributed by atoms with Gasteiger partial charge in [-0.1, -0.05) is 0 Å². The fourth-order valence-corrected chi connectivity index (χ4v) is 3.74. The molecular formula is C22H30N4O5S. The van der Waals surface area contributed by atoms with Gasteiger partial charge in [0.1, 0.15) is 16.8 Å². The van der Waals surface area contributed by atoms with Crippen molar-refractivity contribution in [2.75, 3.05) is 31.2 Å². The van der Waals surface area contributed by atoms with Crippen LogP contribution in [0.25, 0.3) is 5.65 Å². The summed E-state index contributed by atoms with van der Waals surface area (Å²) in [5.41, 5.74) is 1.07. The quantitative estimate of drug-likeness (QED) is 0.496. The lowest BCUT2D eigenvalue weighted by Gasteiger charge is -2.28. The first kappa shape index (κ1) is 24.1. The molecule has 0 amide bonds. The second-order valence-corrected chi connectivity index (χ2v) is 10.8. The molecule has 9 nitrogen and oxygen atoms in total.